The minimum atomic E-state index is -5.31. The molecule has 0 saturated carbocycles. The second-order valence-electron chi connectivity index (χ2n) is 6.53. The summed E-state index contributed by atoms with van der Waals surface area (Å²) in [6, 6.07) is 12.2. The van der Waals surface area contributed by atoms with Gasteiger partial charge in [0.25, 0.3) is 11.3 Å². The molecule has 0 bridgehead atoms. The van der Waals surface area contributed by atoms with E-state index < -0.39 is 40.5 Å². The second-order valence-corrected chi connectivity index (χ2v) is 6.53. The fourth-order valence-electron chi connectivity index (χ4n) is 3.42. The molecule has 0 radical (unpaired) electrons. The summed E-state index contributed by atoms with van der Waals surface area (Å²) in [5, 5.41) is 20.6. The number of nitro groups is 1. The summed E-state index contributed by atoms with van der Waals surface area (Å²) >= 11 is 0. The van der Waals surface area contributed by atoms with E-state index in [0.717, 1.165) is 23.9 Å². The number of nitro benzene ring substituents is 1. The summed E-state index contributed by atoms with van der Waals surface area (Å²) in [5.41, 5.74) is -3.87. The van der Waals surface area contributed by atoms with Crippen molar-refractivity contribution in [3.05, 3.63) is 76.0 Å². The minimum absolute atomic E-state index is 0.134. The van der Waals surface area contributed by atoms with E-state index in [0.29, 0.717) is 0 Å². The predicted octanol–water partition coefficient (Wildman–Crippen LogP) is 4.48. The highest BCUT2D eigenvalue weighted by molar-refractivity contribution is 5.93. The second kappa shape index (κ2) is 7.79. The van der Waals surface area contributed by atoms with Crippen molar-refractivity contribution in [3.8, 4) is 0 Å². The summed E-state index contributed by atoms with van der Waals surface area (Å²) in [4.78, 5) is 22.3. The highest BCUT2D eigenvalue weighted by Crippen LogP contribution is 2.46. The van der Waals surface area contributed by atoms with E-state index >= 15 is 0 Å². The number of carboxylic acids is 1. The van der Waals surface area contributed by atoms with Crippen LogP contribution in [0, 0.1) is 10.1 Å². The van der Waals surface area contributed by atoms with Crippen LogP contribution in [0.25, 0.3) is 10.9 Å². The molecule has 0 fully saturated rings. The lowest BCUT2D eigenvalue weighted by Gasteiger charge is -2.31. The number of hydrogen-bond acceptors (Lipinski definition) is 4. The first-order valence-electron chi connectivity index (χ1n) is 8.87. The standard InChI is InChI=1S/C20H17F3N2O5/c1-2-30-19(18(26)27,20(21,22)23)16-12-24(11-13-6-4-3-5-7-13)17-9-8-14(25(28)29)10-15(16)17/h3-10,12H,2,11H2,1H3,(H,26,27). The molecule has 1 heterocycles. The van der Waals surface area contributed by atoms with E-state index in [1.54, 1.807) is 30.3 Å². The van der Waals surface area contributed by atoms with Gasteiger partial charge in [-0.15, -0.1) is 0 Å². The number of aromatic nitrogens is 1. The van der Waals surface area contributed by atoms with Crippen LogP contribution < -0.4 is 0 Å². The van der Waals surface area contributed by atoms with Crippen LogP contribution >= 0.6 is 0 Å². The molecule has 0 spiro atoms. The number of carboxylic acid groups (broad SMARTS) is 1. The van der Waals surface area contributed by atoms with E-state index in [1.165, 1.54) is 17.6 Å². The van der Waals surface area contributed by atoms with Crippen LogP contribution in [0.1, 0.15) is 18.1 Å². The number of ether oxygens (including phenoxy) is 1. The van der Waals surface area contributed by atoms with Crippen LogP contribution in [-0.4, -0.2) is 33.3 Å². The molecule has 1 unspecified atom stereocenters. The zero-order chi connectivity index (χ0) is 22.1. The first-order valence-corrected chi connectivity index (χ1v) is 8.87. The summed E-state index contributed by atoms with van der Waals surface area (Å²) < 4.78 is 48.4. The Morgan fingerprint density at radius 1 is 1.20 bits per heavy atom. The lowest BCUT2D eigenvalue weighted by molar-refractivity contribution is -0.384. The number of aliphatic carboxylic acids is 1. The van der Waals surface area contributed by atoms with Crippen molar-refractivity contribution >= 4 is 22.6 Å². The molecule has 1 aromatic heterocycles. The van der Waals surface area contributed by atoms with E-state index in [1.807, 2.05) is 0 Å². The van der Waals surface area contributed by atoms with Crippen molar-refractivity contribution in [1.82, 2.24) is 4.57 Å². The van der Waals surface area contributed by atoms with Gasteiger partial charge in [-0.2, -0.15) is 13.2 Å². The molecule has 3 aromatic rings. The van der Waals surface area contributed by atoms with Crippen molar-refractivity contribution in [2.45, 2.75) is 25.2 Å². The van der Waals surface area contributed by atoms with Crippen molar-refractivity contribution in [2.75, 3.05) is 6.61 Å². The predicted molar refractivity (Wildman–Crippen MR) is 101 cm³/mol. The maximum Gasteiger partial charge on any atom is 0.432 e. The number of fused-ring (bicyclic) bond motifs is 1. The van der Waals surface area contributed by atoms with Crippen molar-refractivity contribution in [2.24, 2.45) is 0 Å². The molecule has 0 aliphatic heterocycles. The van der Waals surface area contributed by atoms with E-state index in [4.69, 9.17) is 4.74 Å². The first kappa shape index (κ1) is 21.3. The Hall–Kier alpha value is -3.40. The Labute approximate surface area is 168 Å². The number of nitrogens with zero attached hydrogens (tertiary/aromatic N) is 2. The van der Waals surface area contributed by atoms with Crippen molar-refractivity contribution < 1.29 is 32.7 Å². The van der Waals surface area contributed by atoms with Gasteiger partial charge in [0.05, 0.1) is 4.92 Å². The lowest BCUT2D eigenvalue weighted by atomic mass is 9.92. The molecule has 0 saturated heterocycles. The van der Waals surface area contributed by atoms with Gasteiger partial charge in [0.1, 0.15) is 0 Å². The van der Waals surface area contributed by atoms with E-state index in [9.17, 15) is 33.2 Å². The maximum absolute atomic E-state index is 14.1. The fraction of sp³-hybridized carbons (Fsp3) is 0.250. The number of carbonyl (C=O) groups is 1. The molecule has 2 aromatic carbocycles. The number of hydrogen-bond donors (Lipinski definition) is 1. The number of rotatable bonds is 7. The number of alkyl halides is 3. The van der Waals surface area contributed by atoms with E-state index in [2.05, 4.69) is 0 Å². The molecular weight excluding hydrogens is 405 g/mol. The summed E-state index contributed by atoms with van der Waals surface area (Å²) in [7, 11) is 0. The summed E-state index contributed by atoms with van der Waals surface area (Å²) in [6.45, 7) is 0.843. The normalized spacial score (nSPS) is 13.9. The van der Waals surface area contributed by atoms with Crippen LogP contribution in [0.2, 0.25) is 0 Å². The third-order valence-electron chi connectivity index (χ3n) is 4.71. The van der Waals surface area contributed by atoms with Gasteiger partial charge >= 0.3 is 12.1 Å². The van der Waals surface area contributed by atoms with Crippen LogP contribution in [-0.2, 0) is 21.7 Å². The van der Waals surface area contributed by atoms with E-state index in [-0.39, 0.29) is 17.4 Å². The van der Waals surface area contributed by atoms with Crippen LogP contribution in [0.3, 0.4) is 0 Å². The topological polar surface area (TPSA) is 94.6 Å². The zero-order valence-corrected chi connectivity index (χ0v) is 15.7. The smallest absolute Gasteiger partial charge is 0.432 e. The molecule has 3 rings (SSSR count). The highest BCUT2D eigenvalue weighted by atomic mass is 19.4. The van der Waals surface area contributed by atoms with Gasteiger partial charge in [0.15, 0.2) is 0 Å². The van der Waals surface area contributed by atoms with Crippen LogP contribution in [0.5, 0.6) is 0 Å². The average molecular weight is 422 g/mol. The molecule has 7 nitrogen and oxygen atoms in total. The van der Waals surface area contributed by atoms with Gasteiger partial charge in [-0.1, -0.05) is 30.3 Å². The fourth-order valence-corrected chi connectivity index (χ4v) is 3.42. The number of benzene rings is 2. The van der Waals surface area contributed by atoms with Crippen molar-refractivity contribution in [1.29, 1.82) is 0 Å². The third-order valence-corrected chi connectivity index (χ3v) is 4.71. The monoisotopic (exact) mass is 422 g/mol. The molecule has 0 aliphatic rings. The highest BCUT2D eigenvalue weighted by Gasteiger charge is 2.64. The molecule has 0 amide bonds. The first-order chi connectivity index (χ1) is 14.1. The zero-order valence-electron chi connectivity index (χ0n) is 15.7. The van der Waals surface area contributed by atoms with Gasteiger partial charge in [0, 0.05) is 47.9 Å². The van der Waals surface area contributed by atoms with Crippen LogP contribution in [0.15, 0.2) is 54.7 Å². The van der Waals surface area contributed by atoms with Gasteiger partial charge < -0.3 is 14.4 Å². The number of halogens is 3. The molecular formula is C20H17F3N2O5. The van der Waals surface area contributed by atoms with Crippen molar-refractivity contribution in [3.63, 3.8) is 0 Å². The quantitative estimate of drug-likeness (QED) is 0.448. The lowest BCUT2D eigenvalue weighted by Crippen LogP contribution is -2.51. The Bertz CT molecular complexity index is 1100. The molecule has 0 aliphatic carbocycles. The van der Waals surface area contributed by atoms with Gasteiger partial charge in [-0.05, 0) is 18.6 Å². The molecule has 1 N–H and O–H groups in total. The van der Waals surface area contributed by atoms with Gasteiger partial charge in [0.2, 0.25) is 0 Å². The van der Waals surface area contributed by atoms with Gasteiger partial charge in [-0.3, -0.25) is 10.1 Å². The SMILES string of the molecule is CCOC(C(=O)O)(c1cn(Cc2ccccc2)c2ccc([N+](=O)[O-])cc12)C(F)(F)F. The molecule has 10 heteroatoms. The molecule has 30 heavy (non-hydrogen) atoms. The van der Waals surface area contributed by atoms with Crippen LogP contribution in [0.4, 0.5) is 18.9 Å². The average Bonchev–Trinajstić information content (AvgIpc) is 3.03. The minimum Gasteiger partial charge on any atom is -0.479 e. The largest absolute Gasteiger partial charge is 0.479 e. The summed E-state index contributed by atoms with van der Waals surface area (Å²) in [6.07, 6.45) is -4.27. The Balaban J connectivity index is 2.34. The summed E-state index contributed by atoms with van der Waals surface area (Å²) in [5.74, 6) is -2.25. The van der Waals surface area contributed by atoms with Gasteiger partial charge in [-0.25, -0.2) is 4.79 Å². The Morgan fingerprint density at radius 2 is 1.87 bits per heavy atom. The molecule has 1 atom stereocenters. The third kappa shape index (κ3) is 3.50. The Kier molecular flexibility index (Phi) is 5.53. The molecule has 158 valence electrons. The Morgan fingerprint density at radius 3 is 2.40 bits per heavy atom. The number of non-ortho nitro benzene ring substituents is 1. The maximum atomic E-state index is 14.1.